The Balaban J connectivity index is 1.58. The molecular formula is C24H24N4O3S. The van der Waals surface area contributed by atoms with E-state index in [9.17, 15) is 14.4 Å². The van der Waals surface area contributed by atoms with Gasteiger partial charge >= 0.3 is 6.03 Å². The van der Waals surface area contributed by atoms with Gasteiger partial charge in [-0.15, -0.1) is 11.3 Å². The number of urea groups is 1. The van der Waals surface area contributed by atoms with Crippen LogP contribution in [-0.2, 0) is 22.6 Å². The molecule has 3 N–H and O–H groups in total. The number of benzene rings is 2. The SMILES string of the molecule is CNC(=O)Nc1ccccc1-c1ccc(CN2C(=O)[C@H](NC=O)CCc3sccc32)cc1. The fraction of sp³-hybridized carbons (Fsp3) is 0.208. The Hall–Kier alpha value is -3.65. The number of anilines is 2. The highest BCUT2D eigenvalue weighted by atomic mass is 32.1. The first-order valence-electron chi connectivity index (χ1n) is 10.3. The van der Waals surface area contributed by atoms with Gasteiger partial charge in [0.2, 0.25) is 12.3 Å². The van der Waals surface area contributed by atoms with Crippen LogP contribution in [0.1, 0.15) is 16.9 Å². The molecule has 4 rings (SSSR count). The Morgan fingerprint density at radius 2 is 1.94 bits per heavy atom. The predicted molar refractivity (Wildman–Crippen MR) is 127 cm³/mol. The summed E-state index contributed by atoms with van der Waals surface area (Å²) in [6, 6.07) is 16.7. The van der Waals surface area contributed by atoms with Gasteiger partial charge in [0, 0.05) is 17.5 Å². The van der Waals surface area contributed by atoms with Crippen molar-refractivity contribution < 1.29 is 14.4 Å². The average Bonchev–Trinajstić information content (AvgIpc) is 3.24. The highest BCUT2D eigenvalue weighted by Crippen LogP contribution is 2.33. The Morgan fingerprint density at radius 3 is 2.69 bits per heavy atom. The van der Waals surface area contributed by atoms with E-state index >= 15 is 0 Å². The van der Waals surface area contributed by atoms with E-state index in [1.165, 1.54) is 0 Å². The Kier molecular flexibility index (Phi) is 6.51. The van der Waals surface area contributed by atoms with E-state index in [1.54, 1.807) is 23.3 Å². The molecule has 32 heavy (non-hydrogen) atoms. The highest BCUT2D eigenvalue weighted by Gasteiger charge is 2.30. The van der Waals surface area contributed by atoms with Crippen molar-refractivity contribution in [2.75, 3.05) is 17.3 Å². The summed E-state index contributed by atoms with van der Waals surface area (Å²) in [5.74, 6) is -0.0987. The zero-order chi connectivity index (χ0) is 22.5. The smallest absolute Gasteiger partial charge is 0.318 e. The summed E-state index contributed by atoms with van der Waals surface area (Å²) in [6.45, 7) is 0.415. The lowest BCUT2D eigenvalue weighted by Gasteiger charge is -2.25. The molecule has 1 aliphatic heterocycles. The topological polar surface area (TPSA) is 90.5 Å². The van der Waals surface area contributed by atoms with Gasteiger partial charge in [-0.2, -0.15) is 0 Å². The lowest BCUT2D eigenvalue weighted by molar-refractivity contribution is -0.123. The number of nitrogens with one attached hydrogen (secondary N) is 3. The molecule has 2 heterocycles. The van der Waals surface area contributed by atoms with Crippen molar-refractivity contribution in [2.45, 2.75) is 25.4 Å². The van der Waals surface area contributed by atoms with Crippen LogP contribution in [0.3, 0.4) is 0 Å². The molecule has 0 bridgehead atoms. The van der Waals surface area contributed by atoms with E-state index in [2.05, 4.69) is 16.0 Å². The molecule has 8 heteroatoms. The first-order chi connectivity index (χ1) is 15.6. The van der Waals surface area contributed by atoms with Crippen LogP contribution in [0.2, 0.25) is 0 Å². The molecule has 7 nitrogen and oxygen atoms in total. The maximum Gasteiger partial charge on any atom is 0.318 e. The van der Waals surface area contributed by atoms with E-state index < -0.39 is 6.04 Å². The molecule has 0 saturated carbocycles. The van der Waals surface area contributed by atoms with Crippen molar-refractivity contribution in [1.82, 2.24) is 10.6 Å². The highest BCUT2D eigenvalue weighted by molar-refractivity contribution is 7.10. The van der Waals surface area contributed by atoms with Gasteiger partial charge in [0.25, 0.3) is 0 Å². The molecule has 0 saturated heterocycles. The van der Waals surface area contributed by atoms with E-state index in [-0.39, 0.29) is 11.9 Å². The quantitative estimate of drug-likeness (QED) is 0.502. The standard InChI is InChI=1S/C24H24N4O3S/c1-25-24(31)27-19-5-3-2-4-18(19)17-8-6-16(7-9-17)14-28-21-12-13-32-22(21)11-10-20(23(28)30)26-15-29/h2-9,12-13,15,20H,10-11,14H2,1H3,(H,26,29)(H2,25,27,31)/t20-/m1/s1. The first kappa shape index (κ1) is 21.6. The van der Waals surface area contributed by atoms with Crippen LogP contribution < -0.4 is 20.9 Å². The van der Waals surface area contributed by atoms with Crippen LogP contribution in [0.4, 0.5) is 16.2 Å². The van der Waals surface area contributed by atoms with Gasteiger partial charge in [-0.3, -0.25) is 9.59 Å². The minimum absolute atomic E-state index is 0.0987. The number of thiophene rings is 1. The number of rotatable bonds is 6. The third kappa shape index (κ3) is 4.50. The van der Waals surface area contributed by atoms with E-state index in [1.807, 2.05) is 60.0 Å². The van der Waals surface area contributed by atoms with Crippen LogP contribution in [0.15, 0.2) is 60.0 Å². The average molecular weight is 449 g/mol. The van der Waals surface area contributed by atoms with Gasteiger partial charge in [0.05, 0.1) is 17.9 Å². The molecular weight excluding hydrogens is 424 g/mol. The Labute approximate surface area is 190 Å². The number of fused-ring (bicyclic) bond motifs is 1. The number of hydrogen-bond donors (Lipinski definition) is 3. The van der Waals surface area contributed by atoms with Crippen LogP contribution in [-0.4, -0.2) is 31.4 Å². The Morgan fingerprint density at radius 1 is 1.16 bits per heavy atom. The molecule has 4 amide bonds. The first-order valence-corrected chi connectivity index (χ1v) is 11.2. The molecule has 0 spiro atoms. The van der Waals surface area contributed by atoms with Crippen molar-refractivity contribution in [3.8, 4) is 11.1 Å². The fourth-order valence-electron chi connectivity index (χ4n) is 3.87. The summed E-state index contributed by atoms with van der Waals surface area (Å²) >= 11 is 1.63. The number of para-hydroxylation sites is 1. The van der Waals surface area contributed by atoms with Crippen LogP contribution in [0.25, 0.3) is 11.1 Å². The number of carbonyl (C=O) groups is 3. The van der Waals surface area contributed by atoms with Gasteiger partial charge in [-0.05, 0) is 41.5 Å². The zero-order valence-corrected chi connectivity index (χ0v) is 18.4. The van der Waals surface area contributed by atoms with Crippen molar-refractivity contribution in [3.05, 3.63) is 70.4 Å². The second kappa shape index (κ2) is 9.65. The lowest BCUT2D eigenvalue weighted by atomic mass is 10.0. The third-order valence-electron chi connectivity index (χ3n) is 5.51. The molecule has 0 radical (unpaired) electrons. The molecule has 3 aromatic rings. The van der Waals surface area contributed by atoms with Crippen LogP contribution in [0, 0.1) is 0 Å². The third-order valence-corrected chi connectivity index (χ3v) is 6.48. The minimum atomic E-state index is -0.519. The number of aryl methyl sites for hydroxylation is 1. The molecule has 2 aromatic carbocycles. The van der Waals surface area contributed by atoms with E-state index in [4.69, 9.17) is 0 Å². The van der Waals surface area contributed by atoms with Gasteiger partial charge in [-0.1, -0.05) is 42.5 Å². The monoisotopic (exact) mass is 448 g/mol. The number of nitrogens with zero attached hydrogens (tertiary/aromatic N) is 1. The predicted octanol–water partition coefficient (Wildman–Crippen LogP) is 3.76. The second-order valence-electron chi connectivity index (χ2n) is 7.48. The maximum absolute atomic E-state index is 13.1. The number of hydrogen-bond acceptors (Lipinski definition) is 4. The summed E-state index contributed by atoms with van der Waals surface area (Å²) in [4.78, 5) is 38.8. The molecule has 0 fully saturated rings. The van der Waals surface area contributed by atoms with Crippen molar-refractivity contribution in [1.29, 1.82) is 0 Å². The number of amides is 4. The van der Waals surface area contributed by atoms with Gasteiger partial charge < -0.3 is 20.9 Å². The molecule has 0 aliphatic carbocycles. The second-order valence-corrected chi connectivity index (χ2v) is 8.48. The van der Waals surface area contributed by atoms with Crippen molar-refractivity contribution in [2.24, 2.45) is 0 Å². The van der Waals surface area contributed by atoms with Crippen molar-refractivity contribution >= 4 is 41.1 Å². The molecule has 0 unspecified atom stereocenters. The minimum Gasteiger partial charge on any atom is -0.347 e. The maximum atomic E-state index is 13.1. The zero-order valence-electron chi connectivity index (χ0n) is 17.6. The van der Waals surface area contributed by atoms with E-state index in [0.717, 1.165) is 33.7 Å². The fourth-order valence-corrected chi connectivity index (χ4v) is 4.76. The summed E-state index contributed by atoms with van der Waals surface area (Å²) in [6.07, 6.45) is 1.95. The van der Waals surface area contributed by atoms with Gasteiger partial charge in [0.1, 0.15) is 6.04 Å². The molecule has 164 valence electrons. The van der Waals surface area contributed by atoms with Crippen LogP contribution in [0.5, 0.6) is 0 Å². The summed E-state index contributed by atoms with van der Waals surface area (Å²) in [5.41, 5.74) is 4.47. The molecule has 1 atom stereocenters. The summed E-state index contributed by atoms with van der Waals surface area (Å²) < 4.78 is 0. The Bertz CT molecular complexity index is 1130. The number of carbonyl (C=O) groups excluding carboxylic acids is 3. The lowest BCUT2D eigenvalue weighted by Crippen LogP contribution is -2.45. The molecule has 1 aromatic heterocycles. The summed E-state index contributed by atoms with van der Waals surface area (Å²) in [5, 5.41) is 10.1. The van der Waals surface area contributed by atoms with Gasteiger partial charge in [0.15, 0.2) is 0 Å². The van der Waals surface area contributed by atoms with Gasteiger partial charge in [-0.25, -0.2) is 4.79 Å². The van der Waals surface area contributed by atoms with Crippen molar-refractivity contribution in [3.63, 3.8) is 0 Å². The molecule has 1 aliphatic rings. The van der Waals surface area contributed by atoms with Crippen LogP contribution >= 0.6 is 11.3 Å². The van der Waals surface area contributed by atoms with E-state index in [0.29, 0.717) is 25.1 Å². The largest absolute Gasteiger partial charge is 0.347 e. The summed E-state index contributed by atoms with van der Waals surface area (Å²) in [7, 11) is 1.57. The normalized spacial score (nSPS) is 15.5.